The number of hydrogen-bond acceptors (Lipinski definition) is 5. The Hall–Kier alpha value is -0.836. The zero-order valence-corrected chi connectivity index (χ0v) is 35.9. The van der Waals surface area contributed by atoms with Gasteiger partial charge in [-0.2, -0.15) is 0 Å². The first-order valence-electron chi connectivity index (χ1n) is 19.1. The quantitative estimate of drug-likeness (QED) is 0.232. The van der Waals surface area contributed by atoms with Crippen LogP contribution in [0.2, 0.25) is 36.3 Å². The molecule has 0 saturated heterocycles. The molecule has 3 fully saturated rings. The predicted molar refractivity (Wildman–Crippen MR) is 212 cm³/mol. The molecule has 4 rings (SSSR count). The zero-order chi connectivity index (χ0) is 35.9. The van der Waals surface area contributed by atoms with Gasteiger partial charge >= 0.3 is 0 Å². The molecule has 0 bridgehead atoms. The van der Waals surface area contributed by atoms with Crippen LogP contribution in [-0.4, -0.2) is 38.9 Å². The van der Waals surface area contributed by atoms with E-state index in [4.69, 9.17) is 15.4 Å². The summed E-state index contributed by atoms with van der Waals surface area (Å²) in [6.07, 6.45) is 16.1. The average molecular weight is 714 g/mol. The predicted octanol–water partition coefficient (Wildman–Crippen LogP) is 12.5. The summed E-state index contributed by atoms with van der Waals surface area (Å²) in [6.45, 7) is 35.3. The van der Waals surface area contributed by atoms with Crippen molar-refractivity contribution >= 4 is 28.0 Å². The molecule has 48 heavy (non-hydrogen) atoms. The molecular weight excluding hydrogens is 643 g/mol. The smallest absolute Gasteiger partial charge is 0.192 e. The lowest BCUT2D eigenvalue weighted by atomic mass is 9.60. The molecule has 7 atom stereocenters. The van der Waals surface area contributed by atoms with Crippen molar-refractivity contribution in [2.75, 3.05) is 0 Å². The van der Waals surface area contributed by atoms with E-state index in [-0.39, 0.29) is 22.3 Å². The Balaban J connectivity index is 1.50. The summed E-state index contributed by atoms with van der Waals surface area (Å²) >= 11 is 1.59. The fourth-order valence-corrected chi connectivity index (χ4v) is 11.9. The molecule has 3 saturated carbocycles. The van der Waals surface area contributed by atoms with Gasteiger partial charge in [0.1, 0.15) is 11.1 Å². The molecule has 7 heteroatoms. The topological polar surface area (TPSA) is 51.6 Å². The summed E-state index contributed by atoms with van der Waals surface area (Å²) in [4.78, 5) is 4.51. The summed E-state index contributed by atoms with van der Waals surface area (Å²) in [5.74, 6) is 2.07. The number of rotatable bonds is 11. The van der Waals surface area contributed by atoms with Crippen LogP contribution in [0, 0.1) is 30.1 Å². The van der Waals surface area contributed by atoms with Crippen LogP contribution < -0.4 is 0 Å². The molecule has 0 spiro atoms. The molecule has 3 aliphatic carbocycles. The minimum absolute atomic E-state index is 0.0190. The zero-order valence-electron chi connectivity index (χ0n) is 33.1. The molecule has 4 nitrogen and oxygen atoms in total. The SMILES string of the molecule is C=C1/C(=C\C=C2/CCC[C@]3(C)[C@@H]([C@H](C)CCCC(O)c4nc(C)cs4)CC[C@@H]23)C[C@@H](O[Si](C)(C)C(C)(C)C)C[C@@H]1O[Si](C)(C)C(C)(C)C. The Morgan fingerprint density at radius 1 is 1.04 bits per heavy atom. The molecule has 3 aliphatic rings. The Bertz CT molecular complexity index is 1330. The van der Waals surface area contributed by atoms with Gasteiger partial charge in [0.05, 0.1) is 12.2 Å². The van der Waals surface area contributed by atoms with E-state index in [2.05, 4.69) is 98.7 Å². The van der Waals surface area contributed by atoms with E-state index in [0.717, 1.165) is 42.3 Å². The number of nitrogens with zero attached hydrogens (tertiary/aromatic N) is 1. The average Bonchev–Trinajstić information content (AvgIpc) is 3.55. The maximum absolute atomic E-state index is 10.7. The van der Waals surface area contributed by atoms with Crippen molar-refractivity contribution in [3.05, 3.63) is 51.5 Å². The van der Waals surface area contributed by atoms with Gasteiger partial charge in [0.25, 0.3) is 0 Å². The summed E-state index contributed by atoms with van der Waals surface area (Å²) in [6, 6.07) is 0. The number of thiazole rings is 1. The lowest BCUT2D eigenvalue weighted by Gasteiger charge is -2.46. The van der Waals surface area contributed by atoms with Gasteiger partial charge in [0, 0.05) is 17.5 Å². The van der Waals surface area contributed by atoms with Gasteiger partial charge in [-0.25, -0.2) is 4.98 Å². The van der Waals surface area contributed by atoms with E-state index in [1.54, 1.807) is 16.9 Å². The minimum Gasteiger partial charge on any atom is -0.413 e. The first-order chi connectivity index (χ1) is 22.1. The van der Waals surface area contributed by atoms with Gasteiger partial charge < -0.3 is 14.0 Å². The molecule has 0 radical (unpaired) electrons. The first kappa shape index (κ1) is 39.9. The third-order valence-electron chi connectivity index (χ3n) is 13.5. The van der Waals surface area contributed by atoms with E-state index in [0.29, 0.717) is 17.3 Å². The second-order valence-corrected chi connectivity index (χ2v) is 29.5. The molecule has 1 N–H and O–H groups in total. The van der Waals surface area contributed by atoms with Crippen molar-refractivity contribution in [1.29, 1.82) is 0 Å². The third kappa shape index (κ3) is 8.96. The highest BCUT2D eigenvalue weighted by atomic mass is 32.1. The standard InChI is InChI=1S/C41H71NO3SSi2/c1-28(17-15-19-36(43)38-42-29(2)27-46-38)34-22-23-35-31(18-16-24-41(34,35)10)20-21-32-25-33(44-47(11,12)39(4,5)6)26-37(30(32)3)45-48(13,14)40(7,8)9/h20-21,27-28,33-37,43H,3,15-19,22-26H2,1-2,4-14H3/b31-20+,32-21-/t28-,33-,34-,35+,36?,37+,41-/m1/s1. The highest BCUT2D eigenvalue weighted by Crippen LogP contribution is 2.60. The second kappa shape index (κ2) is 15.0. The Morgan fingerprint density at radius 2 is 1.69 bits per heavy atom. The maximum atomic E-state index is 10.7. The molecule has 0 aliphatic heterocycles. The van der Waals surface area contributed by atoms with E-state index in [9.17, 15) is 5.11 Å². The number of aliphatic hydroxyl groups excluding tert-OH is 1. The molecule has 1 heterocycles. The molecule has 0 amide bonds. The van der Waals surface area contributed by atoms with Crippen molar-refractivity contribution < 1.29 is 14.0 Å². The van der Waals surface area contributed by atoms with Crippen LogP contribution in [-0.2, 0) is 8.85 Å². The van der Waals surface area contributed by atoms with E-state index in [1.807, 2.05) is 12.3 Å². The lowest BCUT2D eigenvalue weighted by molar-refractivity contribution is 0.0897. The van der Waals surface area contributed by atoms with Crippen LogP contribution in [0.4, 0.5) is 0 Å². The van der Waals surface area contributed by atoms with Gasteiger partial charge in [0.15, 0.2) is 16.6 Å². The summed E-state index contributed by atoms with van der Waals surface area (Å²) in [7, 11) is -3.92. The third-order valence-corrected chi connectivity index (χ3v) is 23.6. The van der Waals surface area contributed by atoms with E-state index < -0.39 is 22.7 Å². The van der Waals surface area contributed by atoms with Crippen molar-refractivity contribution in [3.8, 4) is 0 Å². The largest absolute Gasteiger partial charge is 0.413 e. The number of hydrogen-bond donors (Lipinski definition) is 1. The fraction of sp³-hybridized carbons (Fsp3) is 0.780. The van der Waals surface area contributed by atoms with Crippen LogP contribution in [0.25, 0.3) is 0 Å². The Labute approximate surface area is 301 Å². The molecule has 1 aromatic heterocycles. The number of aromatic nitrogens is 1. The minimum atomic E-state index is -1.99. The molecule has 1 unspecified atom stereocenters. The first-order valence-corrected chi connectivity index (χ1v) is 25.8. The molecule has 272 valence electrons. The van der Waals surface area contributed by atoms with Crippen LogP contribution >= 0.6 is 11.3 Å². The highest BCUT2D eigenvalue weighted by Gasteiger charge is 2.50. The van der Waals surface area contributed by atoms with Crippen LogP contribution in [0.5, 0.6) is 0 Å². The summed E-state index contributed by atoms with van der Waals surface area (Å²) in [5.41, 5.74) is 5.54. The second-order valence-electron chi connectivity index (χ2n) is 19.1. The van der Waals surface area contributed by atoms with Crippen LogP contribution in [0.15, 0.2) is 40.8 Å². The summed E-state index contributed by atoms with van der Waals surface area (Å²) < 4.78 is 14.2. The Morgan fingerprint density at radius 3 is 2.29 bits per heavy atom. The van der Waals surface area contributed by atoms with E-state index in [1.165, 1.54) is 49.7 Å². The van der Waals surface area contributed by atoms with Gasteiger partial charge in [-0.3, -0.25) is 0 Å². The van der Waals surface area contributed by atoms with Gasteiger partial charge in [-0.05, 0) is 122 Å². The van der Waals surface area contributed by atoms with Gasteiger partial charge in [0.2, 0.25) is 0 Å². The normalized spacial score (nSPS) is 30.6. The molecule has 1 aromatic rings. The lowest BCUT2D eigenvalue weighted by Crippen LogP contribution is -2.49. The number of aryl methyl sites for hydroxylation is 1. The maximum Gasteiger partial charge on any atom is 0.192 e. The molecular formula is C41H71NO3SSi2. The Kier molecular flexibility index (Phi) is 12.5. The van der Waals surface area contributed by atoms with Crippen molar-refractivity contribution in [2.24, 2.45) is 23.2 Å². The molecule has 0 aromatic carbocycles. The number of aliphatic hydroxyl groups is 1. The fourth-order valence-electron chi connectivity index (χ4n) is 8.46. The van der Waals surface area contributed by atoms with Crippen molar-refractivity contribution in [1.82, 2.24) is 4.98 Å². The van der Waals surface area contributed by atoms with Crippen LogP contribution in [0.3, 0.4) is 0 Å². The van der Waals surface area contributed by atoms with Crippen molar-refractivity contribution in [2.45, 2.75) is 181 Å². The van der Waals surface area contributed by atoms with Crippen molar-refractivity contribution in [3.63, 3.8) is 0 Å². The van der Waals surface area contributed by atoms with Crippen LogP contribution in [0.1, 0.15) is 136 Å². The highest BCUT2D eigenvalue weighted by molar-refractivity contribution is 7.09. The number of allylic oxidation sites excluding steroid dienone is 3. The summed E-state index contributed by atoms with van der Waals surface area (Å²) in [5, 5.41) is 13.9. The number of fused-ring (bicyclic) bond motifs is 1. The van der Waals surface area contributed by atoms with Gasteiger partial charge in [-0.15, -0.1) is 11.3 Å². The monoisotopic (exact) mass is 713 g/mol. The van der Waals surface area contributed by atoms with Gasteiger partial charge in [-0.1, -0.05) is 92.5 Å². The van der Waals surface area contributed by atoms with E-state index >= 15 is 0 Å².